The van der Waals surface area contributed by atoms with Gasteiger partial charge in [-0.15, -0.1) is 0 Å². The molecule has 0 atom stereocenters. The van der Waals surface area contributed by atoms with Crippen molar-refractivity contribution in [2.24, 2.45) is 0 Å². The standard InChI is InChI=1S/C17H13F6N3O2/c1-8-14(9-4-5-10(27-2)11(6-9)28-3)15-24-12(16(18,19)20)7-13(17(21,22)23)26(15)25-8/h4-7H,1-3H3. The zero-order valence-corrected chi connectivity index (χ0v) is 14.7. The van der Waals surface area contributed by atoms with E-state index >= 15 is 0 Å². The number of fused-ring (bicyclic) bond motifs is 1. The SMILES string of the molecule is COc1ccc(-c2c(C)nn3c(C(F)(F)F)cc(C(F)(F)F)nc23)cc1OC. The highest BCUT2D eigenvalue weighted by Crippen LogP contribution is 2.39. The van der Waals surface area contributed by atoms with E-state index in [0.29, 0.717) is 10.3 Å². The van der Waals surface area contributed by atoms with Gasteiger partial charge in [-0.2, -0.15) is 31.4 Å². The van der Waals surface area contributed by atoms with Gasteiger partial charge in [0.15, 0.2) is 22.8 Å². The number of ether oxygens (including phenoxy) is 2. The number of nitrogens with zero attached hydrogens (tertiary/aromatic N) is 3. The molecule has 0 N–H and O–H groups in total. The van der Waals surface area contributed by atoms with Gasteiger partial charge in [-0.05, 0) is 30.7 Å². The fourth-order valence-electron chi connectivity index (χ4n) is 2.80. The molecule has 3 rings (SSSR count). The summed E-state index contributed by atoms with van der Waals surface area (Å²) < 4.78 is 90.1. The first-order chi connectivity index (χ1) is 13.0. The first-order valence-electron chi connectivity index (χ1n) is 7.74. The van der Waals surface area contributed by atoms with Gasteiger partial charge in [-0.25, -0.2) is 9.50 Å². The number of rotatable bonds is 3. The lowest BCUT2D eigenvalue weighted by molar-refractivity contribution is -0.148. The predicted molar refractivity (Wildman–Crippen MR) is 86.3 cm³/mol. The average Bonchev–Trinajstić information content (AvgIpc) is 2.94. The van der Waals surface area contributed by atoms with Gasteiger partial charge >= 0.3 is 12.4 Å². The highest BCUT2D eigenvalue weighted by molar-refractivity contribution is 5.81. The van der Waals surface area contributed by atoms with Crippen molar-refractivity contribution in [2.75, 3.05) is 14.2 Å². The third kappa shape index (κ3) is 3.32. The van der Waals surface area contributed by atoms with Crippen LogP contribution >= 0.6 is 0 Å². The van der Waals surface area contributed by atoms with Crippen molar-refractivity contribution in [3.63, 3.8) is 0 Å². The molecule has 1 aromatic carbocycles. The van der Waals surface area contributed by atoms with Crippen molar-refractivity contribution in [1.82, 2.24) is 14.6 Å². The van der Waals surface area contributed by atoms with Crippen molar-refractivity contribution in [3.8, 4) is 22.6 Å². The summed E-state index contributed by atoms with van der Waals surface area (Å²) in [6.07, 6.45) is -10.1. The first-order valence-corrected chi connectivity index (χ1v) is 7.74. The summed E-state index contributed by atoms with van der Waals surface area (Å²) in [5, 5.41) is 3.77. The molecule has 0 spiro atoms. The number of benzene rings is 1. The highest BCUT2D eigenvalue weighted by atomic mass is 19.4. The number of hydrogen-bond acceptors (Lipinski definition) is 4. The Balaban J connectivity index is 2.37. The number of aromatic nitrogens is 3. The molecule has 2 aromatic heterocycles. The molecule has 2 heterocycles. The number of hydrogen-bond donors (Lipinski definition) is 0. The molecule has 0 aliphatic heterocycles. The fraction of sp³-hybridized carbons (Fsp3) is 0.294. The van der Waals surface area contributed by atoms with Crippen LogP contribution < -0.4 is 9.47 Å². The van der Waals surface area contributed by atoms with Crippen molar-refractivity contribution >= 4 is 5.65 Å². The second kappa shape index (κ2) is 6.57. The largest absolute Gasteiger partial charge is 0.493 e. The van der Waals surface area contributed by atoms with Crippen LogP contribution in [0.5, 0.6) is 11.5 Å². The summed E-state index contributed by atoms with van der Waals surface area (Å²) in [7, 11) is 2.75. The van der Waals surface area contributed by atoms with Gasteiger partial charge in [0.25, 0.3) is 0 Å². The van der Waals surface area contributed by atoms with Gasteiger partial charge in [0.1, 0.15) is 5.69 Å². The van der Waals surface area contributed by atoms with E-state index in [4.69, 9.17) is 9.47 Å². The van der Waals surface area contributed by atoms with Crippen LogP contribution in [0.4, 0.5) is 26.3 Å². The molecular formula is C17H13F6N3O2. The van der Waals surface area contributed by atoms with Gasteiger partial charge < -0.3 is 9.47 Å². The topological polar surface area (TPSA) is 48.7 Å². The molecule has 0 saturated carbocycles. The quantitative estimate of drug-likeness (QED) is 0.590. The van der Waals surface area contributed by atoms with Crippen molar-refractivity contribution in [3.05, 3.63) is 41.3 Å². The zero-order valence-electron chi connectivity index (χ0n) is 14.7. The van der Waals surface area contributed by atoms with Crippen LogP contribution in [-0.2, 0) is 12.4 Å². The van der Waals surface area contributed by atoms with Gasteiger partial charge in [0, 0.05) is 5.56 Å². The fourth-order valence-corrected chi connectivity index (χ4v) is 2.80. The molecule has 28 heavy (non-hydrogen) atoms. The van der Waals surface area contributed by atoms with Crippen LogP contribution in [0.25, 0.3) is 16.8 Å². The molecule has 0 amide bonds. The molecule has 0 aliphatic rings. The minimum absolute atomic E-state index is 0.0255. The Morgan fingerprint density at radius 2 is 1.54 bits per heavy atom. The Bertz CT molecular complexity index is 1040. The van der Waals surface area contributed by atoms with E-state index in [-0.39, 0.29) is 28.6 Å². The number of alkyl halides is 6. The second-order valence-corrected chi connectivity index (χ2v) is 5.79. The highest BCUT2D eigenvalue weighted by Gasteiger charge is 2.41. The lowest BCUT2D eigenvalue weighted by Crippen LogP contribution is -2.18. The lowest BCUT2D eigenvalue weighted by Gasteiger charge is -2.13. The Morgan fingerprint density at radius 3 is 2.07 bits per heavy atom. The monoisotopic (exact) mass is 405 g/mol. The molecule has 0 fully saturated rings. The van der Waals surface area contributed by atoms with Gasteiger partial charge in [-0.1, -0.05) is 6.07 Å². The minimum Gasteiger partial charge on any atom is -0.493 e. The van der Waals surface area contributed by atoms with Crippen LogP contribution in [0.3, 0.4) is 0 Å². The Labute approximate surface area is 154 Å². The maximum absolute atomic E-state index is 13.4. The van der Waals surface area contributed by atoms with Gasteiger partial charge in [-0.3, -0.25) is 0 Å². The molecule has 11 heteroatoms. The molecule has 0 radical (unpaired) electrons. The van der Waals surface area contributed by atoms with E-state index in [1.807, 2.05) is 0 Å². The van der Waals surface area contributed by atoms with Crippen molar-refractivity contribution in [1.29, 1.82) is 0 Å². The average molecular weight is 405 g/mol. The van der Waals surface area contributed by atoms with Gasteiger partial charge in [0.2, 0.25) is 0 Å². The molecule has 0 bridgehead atoms. The summed E-state index contributed by atoms with van der Waals surface area (Å²) in [5.41, 5.74) is -3.41. The molecule has 3 aromatic rings. The van der Waals surface area contributed by atoms with E-state index < -0.39 is 29.4 Å². The molecule has 0 unspecified atom stereocenters. The maximum Gasteiger partial charge on any atom is 0.433 e. The number of methoxy groups -OCH3 is 2. The molecule has 0 saturated heterocycles. The summed E-state index contributed by atoms with van der Waals surface area (Å²) in [6, 6.07) is 4.33. The van der Waals surface area contributed by atoms with Crippen LogP contribution in [-0.4, -0.2) is 28.8 Å². The number of aryl methyl sites for hydroxylation is 1. The lowest BCUT2D eigenvalue weighted by atomic mass is 10.1. The van der Waals surface area contributed by atoms with Crippen LogP contribution in [0, 0.1) is 6.92 Å². The third-order valence-electron chi connectivity index (χ3n) is 4.02. The van der Waals surface area contributed by atoms with Crippen LogP contribution in [0.2, 0.25) is 0 Å². The van der Waals surface area contributed by atoms with E-state index in [1.54, 1.807) is 0 Å². The third-order valence-corrected chi connectivity index (χ3v) is 4.02. The van der Waals surface area contributed by atoms with Crippen molar-refractivity contribution < 1.29 is 35.8 Å². The van der Waals surface area contributed by atoms with E-state index in [2.05, 4.69) is 10.1 Å². The van der Waals surface area contributed by atoms with Crippen LogP contribution in [0.1, 0.15) is 17.1 Å². The summed E-state index contributed by atoms with van der Waals surface area (Å²) in [4.78, 5) is 3.42. The van der Waals surface area contributed by atoms with Gasteiger partial charge in [0.05, 0.1) is 19.9 Å². The minimum atomic E-state index is -5.06. The zero-order chi connectivity index (χ0) is 20.9. The Kier molecular flexibility index (Phi) is 4.64. The second-order valence-electron chi connectivity index (χ2n) is 5.79. The normalized spacial score (nSPS) is 12.5. The molecule has 0 aliphatic carbocycles. The summed E-state index contributed by atoms with van der Waals surface area (Å²) in [5.74, 6) is 0.599. The van der Waals surface area contributed by atoms with E-state index in [0.717, 1.165) is 0 Å². The predicted octanol–water partition coefficient (Wildman–Crippen LogP) is 4.76. The van der Waals surface area contributed by atoms with E-state index in [1.165, 1.54) is 39.3 Å². The smallest absolute Gasteiger partial charge is 0.433 e. The van der Waals surface area contributed by atoms with Crippen LogP contribution in [0.15, 0.2) is 24.3 Å². The molecule has 150 valence electrons. The summed E-state index contributed by atoms with van der Waals surface area (Å²) in [6.45, 7) is 1.38. The Morgan fingerprint density at radius 1 is 0.893 bits per heavy atom. The molecular weight excluding hydrogens is 392 g/mol. The van der Waals surface area contributed by atoms with Crippen molar-refractivity contribution in [2.45, 2.75) is 19.3 Å². The maximum atomic E-state index is 13.4. The molecule has 5 nitrogen and oxygen atoms in total. The van der Waals surface area contributed by atoms with E-state index in [9.17, 15) is 26.3 Å². The summed E-state index contributed by atoms with van der Waals surface area (Å²) >= 11 is 0. The Hall–Kier alpha value is -2.98. The first kappa shape index (κ1) is 19.8. The number of halogens is 6.